The van der Waals surface area contributed by atoms with Crippen molar-refractivity contribution in [3.63, 3.8) is 0 Å². The molecule has 1 aliphatic rings. The molecule has 1 amide bonds. The lowest BCUT2D eigenvalue weighted by Gasteiger charge is -2.30. The van der Waals surface area contributed by atoms with Gasteiger partial charge in [-0.15, -0.1) is 0 Å². The molecular formula is C18H20FNO3. The van der Waals surface area contributed by atoms with Crippen LogP contribution in [0.4, 0.5) is 4.39 Å². The van der Waals surface area contributed by atoms with Gasteiger partial charge in [-0.25, -0.2) is 4.39 Å². The highest BCUT2D eigenvalue weighted by Crippen LogP contribution is 2.40. The summed E-state index contributed by atoms with van der Waals surface area (Å²) in [7, 11) is 0. The summed E-state index contributed by atoms with van der Waals surface area (Å²) in [5, 5.41) is 11.9. The highest BCUT2D eigenvalue weighted by molar-refractivity contribution is 5.94. The molecule has 0 bridgehead atoms. The number of benzene rings is 1. The van der Waals surface area contributed by atoms with E-state index >= 15 is 0 Å². The molecule has 0 aliphatic heterocycles. The molecule has 0 spiro atoms. The molecule has 2 aromatic rings. The van der Waals surface area contributed by atoms with Crippen LogP contribution in [0.1, 0.15) is 47.4 Å². The molecule has 1 fully saturated rings. The Bertz CT molecular complexity index is 672. The Labute approximate surface area is 134 Å². The maximum atomic E-state index is 13.2. The van der Waals surface area contributed by atoms with Crippen molar-refractivity contribution in [2.75, 3.05) is 6.54 Å². The number of carbonyl (C=O) groups is 1. The van der Waals surface area contributed by atoms with E-state index in [4.69, 9.17) is 9.52 Å². The monoisotopic (exact) mass is 317 g/mol. The Morgan fingerprint density at radius 1 is 1.26 bits per heavy atom. The fourth-order valence-corrected chi connectivity index (χ4v) is 3.36. The zero-order chi connectivity index (χ0) is 16.3. The molecule has 0 radical (unpaired) electrons. The summed E-state index contributed by atoms with van der Waals surface area (Å²) in [6.07, 6.45) is 5.51. The van der Waals surface area contributed by atoms with Crippen LogP contribution in [0, 0.1) is 5.82 Å². The van der Waals surface area contributed by atoms with Gasteiger partial charge in [-0.05, 0) is 36.6 Å². The number of hydrogen-bond donors (Lipinski definition) is 2. The van der Waals surface area contributed by atoms with Crippen LogP contribution in [-0.4, -0.2) is 17.6 Å². The molecule has 4 nitrogen and oxygen atoms in total. The number of carbonyl (C=O) groups excluding carboxylic acids is 1. The average molecular weight is 317 g/mol. The molecule has 1 aliphatic carbocycles. The van der Waals surface area contributed by atoms with Crippen molar-refractivity contribution in [1.82, 2.24) is 5.32 Å². The molecule has 0 atom stereocenters. The van der Waals surface area contributed by atoms with Crippen molar-refractivity contribution in [1.29, 1.82) is 0 Å². The van der Waals surface area contributed by atoms with Gasteiger partial charge in [0.2, 0.25) is 0 Å². The summed E-state index contributed by atoms with van der Waals surface area (Å²) in [6, 6.07) is 8.11. The molecule has 0 unspecified atom stereocenters. The predicted octanol–water partition coefficient (Wildman–Crippen LogP) is 3.15. The van der Waals surface area contributed by atoms with E-state index in [1.54, 1.807) is 0 Å². The third-order valence-electron chi connectivity index (χ3n) is 4.68. The van der Waals surface area contributed by atoms with Gasteiger partial charge in [0.05, 0.1) is 5.56 Å². The summed E-state index contributed by atoms with van der Waals surface area (Å²) >= 11 is 0. The van der Waals surface area contributed by atoms with Crippen LogP contribution in [0.2, 0.25) is 0 Å². The van der Waals surface area contributed by atoms with Gasteiger partial charge >= 0.3 is 0 Å². The van der Waals surface area contributed by atoms with Crippen molar-refractivity contribution in [2.24, 2.45) is 0 Å². The molecule has 1 aromatic carbocycles. The zero-order valence-electron chi connectivity index (χ0n) is 12.8. The van der Waals surface area contributed by atoms with Crippen molar-refractivity contribution in [3.8, 4) is 0 Å². The first-order chi connectivity index (χ1) is 11.1. The van der Waals surface area contributed by atoms with Gasteiger partial charge in [0, 0.05) is 12.0 Å². The van der Waals surface area contributed by atoms with Gasteiger partial charge in [-0.1, -0.05) is 25.0 Å². The minimum absolute atomic E-state index is 0.132. The number of rotatable bonds is 5. The number of nitrogens with one attached hydrogen (secondary N) is 1. The fraction of sp³-hybridized carbons (Fsp3) is 0.389. The summed E-state index contributed by atoms with van der Waals surface area (Å²) in [4.78, 5) is 12.2. The van der Waals surface area contributed by atoms with Gasteiger partial charge in [0.25, 0.3) is 5.91 Å². The Hall–Kier alpha value is -2.14. The summed E-state index contributed by atoms with van der Waals surface area (Å²) in [5.74, 6) is -0.105. The van der Waals surface area contributed by atoms with Gasteiger partial charge < -0.3 is 14.8 Å². The number of amides is 1. The van der Waals surface area contributed by atoms with Crippen molar-refractivity contribution >= 4 is 5.91 Å². The Kier molecular flexibility index (Phi) is 4.48. The molecular weight excluding hydrogens is 297 g/mol. The lowest BCUT2D eigenvalue weighted by atomic mass is 9.78. The largest absolute Gasteiger partial charge is 0.466 e. The molecule has 0 saturated heterocycles. The van der Waals surface area contributed by atoms with Crippen LogP contribution in [-0.2, 0) is 12.0 Å². The second-order valence-corrected chi connectivity index (χ2v) is 6.14. The minimum Gasteiger partial charge on any atom is -0.466 e. The summed E-state index contributed by atoms with van der Waals surface area (Å²) in [5.41, 5.74) is 1.34. The van der Waals surface area contributed by atoms with Crippen molar-refractivity contribution < 1.29 is 18.7 Å². The van der Waals surface area contributed by atoms with Crippen LogP contribution in [0.15, 0.2) is 41.0 Å². The molecule has 1 saturated carbocycles. The van der Waals surface area contributed by atoms with Gasteiger partial charge in [-0.3, -0.25) is 4.79 Å². The Balaban J connectivity index is 1.72. The number of aliphatic hydroxyl groups excluding tert-OH is 1. The standard InChI is InChI=1S/C18H20FNO3/c19-15-5-3-14(4-6-15)18(7-1-2-8-18)12-20-17(22)13-9-16(10-21)23-11-13/h3-6,9,11,21H,1-2,7-8,10,12H2,(H,20,22). The topological polar surface area (TPSA) is 62.5 Å². The second kappa shape index (κ2) is 6.54. The van der Waals surface area contributed by atoms with E-state index in [-0.39, 0.29) is 23.7 Å². The molecule has 3 rings (SSSR count). The van der Waals surface area contributed by atoms with E-state index in [0.29, 0.717) is 17.9 Å². The van der Waals surface area contributed by atoms with E-state index < -0.39 is 0 Å². The SMILES string of the molecule is O=C(NCC1(c2ccc(F)cc2)CCCC1)c1coc(CO)c1. The van der Waals surface area contributed by atoms with Crippen molar-refractivity contribution in [2.45, 2.75) is 37.7 Å². The molecule has 1 heterocycles. The smallest absolute Gasteiger partial charge is 0.254 e. The predicted molar refractivity (Wildman–Crippen MR) is 83.5 cm³/mol. The number of halogens is 1. The lowest BCUT2D eigenvalue weighted by Crippen LogP contribution is -2.38. The van der Waals surface area contributed by atoms with E-state index in [1.807, 2.05) is 12.1 Å². The Morgan fingerprint density at radius 2 is 1.96 bits per heavy atom. The third kappa shape index (κ3) is 3.29. The maximum absolute atomic E-state index is 13.2. The highest BCUT2D eigenvalue weighted by Gasteiger charge is 2.36. The number of aliphatic hydroxyl groups is 1. The molecule has 1 aromatic heterocycles. The molecule has 5 heteroatoms. The third-order valence-corrected chi connectivity index (χ3v) is 4.68. The Morgan fingerprint density at radius 3 is 2.57 bits per heavy atom. The number of hydrogen-bond acceptors (Lipinski definition) is 3. The first kappa shape index (κ1) is 15.7. The van der Waals surface area contributed by atoms with Crippen LogP contribution >= 0.6 is 0 Å². The van der Waals surface area contributed by atoms with Crippen molar-refractivity contribution in [3.05, 3.63) is 59.3 Å². The molecule has 2 N–H and O–H groups in total. The van der Waals surface area contributed by atoms with Crippen LogP contribution in [0.3, 0.4) is 0 Å². The molecule has 23 heavy (non-hydrogen) atoms. The second-order valence-electron chi connectivity index (χ2n) is 6.14. The number of furan rings is 1. The normalized spacial score (nSPS) is 16.4. The van der Waals surface area contributed by atoms with Crippen LogP contribution < -0.4 is 5.32 Å². The fourth-order valence-electron chi connectivity index (χ4n) is 3.36. The maximum Gasteiger partial charge on any atom is 0.254 e. The van der Waals surface area contributed by atoms with Gasteiger partial charge in [0.15, 0.2) is 0 Å². The summed E-state index contributed by atoms with van der Waals surface area (Å²) in [6.45, 7) is 0.282. The van der Waals surface area contributed by atoms with Crippen LogP contribution in [0.5, 0.6) is 0 Å². The first-order valence-electron chi connectivity index (χ1n) is 7.85. The van der Waals surface area contributed by atoms with E-state index in [0.717, 1.165) is 31.2 Å². The molecule has 122 valence electrons. The quantitative estimate of drug-likeness (QED) is 0.890. The zero-order valence-corrected chi connectivity index (χ0v) is 12.8. The minimum atomic E-state index is -0.249. The van der Waals surface area contributed by atoms with Gasteiger partial charge in [0.1, 0.15) is 24.4 Å². The van der Waals surface area contributed by atoms with Gasteiger partial charge in [-0.2, -0.15) is 0 Å². The summed E-state index contributed by atoms with van der Waals surface area (Å²) < 4.78 is 18.2. The van der Waals surface area contributed by atoms with Crippen LogP contribution in [0.25, 0.3) is 0 Å². The average Bonchev–Trinajstić information content (AvgIpc) is 3.23. The first-order valence-corrected chi connectivity index (χ1v) is 7.85. The van der Waals surface area contributed by atoms with E-state index in [2.05, 4.69) is 5.32 Å². The lowest BCUT2D eigenvalue weighted by molar-refractivity contribution is 0.0942. The van der Waals surface area contributed by atoms with E-state index in [1.165, 1.54) is 24.5 Å². The highest BCUT2D eigenvalue weighted by atomic mass is 19.1. The van der Waals surface area contributed by atoms with E-state index in [9.17, 15) is 9.18 Å².